The third-order valence-corrected chi connectivity index (χ3v) is 3.12. The van der Waals surface area contributed by atoms with Gasteiger partial charge < -0.3 is 0 Å². The van der Waals surface area contributed by atoms with Crippen LogP contribution in [0.1, 0.15) is 34.0 Å². The third kappa shape index (κ3) is 3.65. The Bertz CT molecular complexity index is 591. The molecule has 0 aliphatic rings. The summed E-state index contributed by atoms with van der Waals surface area (Å²) in [5, 5.41) is 0. The predicted molar refractivity (Wildman–Crippen MR) is 80.4 cm³/mol. The molecule has 0 saturated carbocycles. The van der Waals surface area contributed by atoms with E-state index in [0.29, 0.717) is 0 Å². The van der Waals surface area contributed by atoms with E-state index in [1.54, 1.807) is 6.08 Å². The number of ketones is 1. The van der Waals surface area contributed by atoms with E-state index in [2.05, 4.69) is 13.0 Å². The minimum atomic E-state index is 0.0455. The van der Waals surface area contributed by atoms with Gasteiger partial charge in [-0.1, -0.05) is 67.1 Å². The Hall–Kier alpha value is -2.15. The van der Waals surface area contributed by atoms with Gasteiger partial charge in [0.15, 0.2) is 5.78 Å². The van der Waals surface area contributed by atoms with Crippen LogP contribution >= 0.6 is 0 Å². The maximum absolute atomic E-state index is 12.0. The molecule has 0 bridgehead atoms. The van der Waals surface area contributed by atoms with Crippen molar-refractivity contribution in [3.05, 3.63) is 76.9 Å². The number of carbonyl (C=O) groups excluding carboxylic acids is 1. The van der Waals surface area contributed by atoms with Gasteiger partial charge in [-0.25, -0.2) is 0 Å². The minimum Gasteiger partial charge on any atom is -0.289 e. The number of hydrogen-bond donors (Lipinski definition) is 0. The van der Waals surface area contributed by atoms with Crippen molar-refractivity contribution in [1.29, 1.82) is 0 Å². The summed E-state index contributed by atoms with van der Waals surface area (Å²) in [7, 11) is 0. The fourth-order valence-electron chi connectivity index (χ4n) is 1.95. The Morgan fingerprint density at radius 3 is 2.47 bits per heavy atom. The Morgan fingerprint density at radius 1 is 1.11 bits per heavy atom. The van der Waals surface area contributed by atoms with E-state index >= 15 is 0 Å². The molecule has 0 radical (unpaired) electrons. The van der Waals surface area contributed by atoms with Gasteiger partial charge >= 0.3 is 0 Å². The first-order chi connectivity index (χ1) is 9.19. The number of aryl methyl sites for hydroxylation is 2. The van der Waals surface area contributed by atoms with Crippen molar-refractivity contribution >= 4 is 11.9 Å². The van der Waals surface area contributed by atoms with Gasteiger partial charge in [0.05, 0.1) is 0 Å². The van der Waals surface area contributed by atoms with Crippen molar-refractivity contribution in [3.63, 3.8) is 0 Å². The Balaban J connectivity index is 2.11. The van der Waals surface area contributed by atoms with Gasteiger partial charge in [0.25, 0.3) is 0 Å². The quantitative estimate of drug-likeness (QED) is 0.578. The molecule has 0 heterocycles. The van der Waals surface area contributed by atoms with E-state index in [0.717, 1.165) is 17.5 Å². The molecule has 0 spiro atoms. The average molecular weight is 250 g/mol. The van der Waals surface area contributed by atoms with Crippen LogP contribution in [-0.2, 0) is 6.42 Å². The van der Waals surface area contributed by atoms with Gasteiger partial charge in [0.2, 0.25) is 0 Å². The molecule has 0 aromatic heterocycles. The molecule has 2 aromatic carbocycles. The summed E-state index contributed by atoms with van der Waals surface area (Å²) in [6.45, 7) is 4.15. The zero-order chi connectivity index (χ0) is 13.7. The van der Waals surface area contributed by atoms with Gasteiger partial charge in [0.1, 0.15) is 0 Å². The molecule has 0 amide bonds. The second kappa shape index (κ2) is 6.14. The number of rotatable bonds is 4. The Morgan fingerprint density at radius 2 is 1.84 bits per heavy atom. The topological polar surface area (TPSA) is 17.1 Å². The van der Waals surface area contributed by atoms with E-state index in [9.17, 15) is 4.79 Å². The molecule has 0 fully saturated rings. The Labute approximate surface area is 114 Å². The molecule has 0 N–H and O–H groups in total. The summed E-state index contributed by atoms with van der Waals surface area (Å²) in [6.07, 6.45) is 4.49. The van der Waals surface area contributed by atoms with E-state index < -0.39 is 0 Å². The summed E-state index contributed by atoms with van der Waals surface area (Å²) in [6, 6.07) is 15.9. The molecule has 19 heavy (non-hydrogen) atoms. The molecule has 0 aliphatic carbocycles. The average Bonchev–Trinajstić information content (AvgIpc) is 2.45. The predicted octanol–water partition coefficient (Wildman–Crippen LogP) is 4.45. The molecule has 0 atom stereocenters. The molecule has 0 unspecified atom stereocenters. The van der Waals surface area contributed by atoms with Gasteiger partial charge in [-0.2, -0.15) is 0 Å². The maximum Gasteiger partial charge on any atom is 0.185 e. The lowest BCUT2D eigenvalue weighted by Crippen LogP contribution is -1.94. The second-order valence-electron chi connectivity index (χ2n) is 4.66. The van der Waals surface area contributed by atoms with Crippen LogP contribution in [0.2, 0.25) is 0 Å². The van der Waals surface area contributed by atoms with Crippen molar-refractivity contribution in [2.24, 2.45) is 0 Å². The zero-order valence-corrected chi connectivity index (χ0v) is 11.4. The van der Waals surface area contributed by atoms with Crippen LogP contribution < -0.4 is 0 Å². The lowest BCUT2D eigenvalue weighted by atomic mass is 10.1. The molecule has 2 rings (SSSR count). The number of allylic oxidation sites excluding steroid dienone is 1. The molecular formula is C18H18O. The summed E-state index contributed by atoms with van der Waals surface area (Å²) in [5.41, 5.74) is 4.24. The first-order valence-electron chi connectivity index (χ1n) is 6.57. The van der Waals surface area contributed by atoms with Gasteiger partial charge in [0, 0.05) is 5.56 Å². The molecule has 2 aromatic rings. The van der Waals surface area contributed by atoms with Crippen LogP contribution in [0.15, 0.2) is 54.6 Å². The van der Waals surface area contributed by atoms with Crippen LogP contribution in [-0.4, -0.2) is 5.78 Å². The summed E-state index contributed by atoms with van der Waals surface area (Å²) >= 11 is 0. The lowest BCUT2D eigenvalue weighted by molar-refractivity contribution is 0.104. The molecule has 0 aliphatic heterocycles. The summed E-state index contributed by atoms with van der Waals surface area (Å²) in [5.74, 6) is 0.0455. The zero-order valence-electron chi connectivity index (χ0n) is 11.4. The smallest absolute Gasteiger partial charge is 0.185 e. The van der Waals surface area contributed by atoms with Gasteiger partial charge in [-0.15, -0.1) is 0 Å². The summed E-state index contributed by atoms with van der Waals surface area (Å²) < 4.78 is 0. The SMILES string of the molecule is CCc1ccc(C(=O)/C=C/c2cccc(C)c2)cc1. The van der Waals surface area contributed by atoms with Crippen LogP contribution in [0.5, 0.6) is 0 Å². The normalized spacial score (nSPS) is 10.8. The lowest BCUT2D eigenvalue weighted by Gasteiger charge is -1.99. The monoisotopic (exact) mass is 250 g/mol. The Kier molecular flexibility index (Phi) is 4.30. The fraction of sp³-hybridized carbons (Fsp3) is 0.167. The van der Waals surface area contributed by atoms with E-state index in [-0.39, 0.29) is 5.78 Å². The first kappa shape index (κ1) is 13.3. The standard InChI is InChI=1S/C18H18O/c1-3-15-7-10-17(11-8-15)18(19)12-9-16-6-4-5-14(2)13-16/h4-13H,3H2,1-2H3/b12-9+. The van der Waals surface area contributed by atoms with Crippen molar-refractivity contribution < 1.29 is 4.79 Å². The highest BCUT2D eigenvalue weighted by Crippen LogP contribution is 2.09. The highest BCUT2D eigenvalue weighted by atomic mass is 16.1. The van der Waals surface area contributed by atoms with Crippen LogP contribution in [0.25, 0.3) is 6.08 Å². The number of hydrogen-bond acceptors (Lipinski definition) is 1. The molecular weight excluding hydrogens is 232 g/mol. The largest absolute Gasteiger partial charge is 0.289 e. The molecule has 1 heteroatoms. The number of benzene rings is 2. The van der Waals surface area contributed by atoms with Gasteiger partial charge in [-0.05, 0) is 30.5 Å². The van der Waals surface area contributed by atoms with E-state index in [1.165, 1.54) is 11.1 Å². The molecule has 1 nitrogen and oxygen atoms in total. The van der Waals surface area contributed by atoms with E-state index in [1.807, 2.05) is 55.5 Å². The van der Waals surface area contributed by atoms with Crippen molar-refractivity contribution in [3.8, 4) is 0 Å². The minimum absolute atomic E-state index is 0.0455. The van der Waals surface area contributed by atoms with Crippen LogP contribution in [0.4, 0.5) is 0 Å². The molecule has 0 saturated heterocycles. The van der Waals surface area contributed by atoms with Crippen molar-refractivity contribution in [1.82, 2.24) is 0 Å². The third-order valence-electron chi connectivity index (χ3n) is 3.12. The maximum atomic E-state index is 12.0. The van der Waals surface area contributed by atoms with Crippen LogP contribution in [0, 0.1) is 6.92 Å². The van der Waals surface area contributed by atoms with Gasteiger partial charge in [-0.3, -0.25) is 4.79 Å². The summed E-state index contributed by atoms with van der Waals surface area (Å²) in [4.78, 5) is 12.0. The van der Waals surface area contributed by atoms with Crippen LogP contribution in [0.3, 0.4) is 0 Å². The van der Waals surface area contributed by atoms with Crippen molar-refractivity contribution in [2.75, 3.05) is 0 Å². The fourth-order valence-corrected chi connectivity index (χ4v) is 1.95. The highest BCUT2D eigenvalue weighted by Gasteiger charge is 2.01. The number of carbonyl (C=O) groups is 1. The second-order valence-corrected chi connectivity index (χ2v) is 4.66. The van der Waals surface area contributed by atoms with E-state index in [4.69, 9.17) is 0 Å². The first-order valence-corrected chi connectivity index (χ1v) is 6.57. The highest BCUT2D eigenvalue weighted by molar-refractivity contribution is 6.06. The van der Waals surface area contributed by atoms with Crippen molar-refractivity contribution in [2.45, 2.75) is 20.3 Å². The molecule has 96 valence electrons.